The Bertz CT molecular complexity index is 905. The molecule has 0 amide bonds. The zero-order chi connectivity index (χ0) is 15.7. The molecular formula is C17H16N2O2S. The van der Waals surface area contributed by atoms with Crippen molar-refractivity contribution in [1.29, 1.82) is 0 Å². The van der Waals surface area contributed by atoms with Gasteiger partial charge in [0.25, 0.3) is 5.56 Å². The number of H-pyrrole nitrogens is 1. The second-order valence-corrected chi connectivity index (χ2v) is 6.22. The van der Waals surface area contributed by atoms with Gasteiger partial charge in [0.2, 0.25) is 0 Å². The normalized spacial score (nSPS) is 11.4. The molecule has 0 spiro atoms. The van der Waals surface area contributed by atoms with Crippen molar-refractivity contribution < 1.29 is 4.74 Å². The predicted octanol–water partition coefficient (Wildman–Crippen LogP) is 3.78. The van der Waals surface area contributed by atoms with Crippen LogP contribution < -0.4 is 10.3 Å². The molecule has 22 heavy (non-hydrogen) atoms. The molecule has 0 unspecified atom stereocenters. The minimum absolute atomic E-state index is 0.0822. The van der Waals surface area contributed by atoms with Crippen LogP contribution in [0.5, 0.6) is 5.75 Å². The molecule has 0 bridgehead atoms. The first-order valence-corrected chi connectivity index (χ1v) is 7.72. The van der Waals surface area contributed by atoms with E-state index in [1.807, 2.05) is 50.3 Å². The van der Waals surface area contributed by atoms with Gasteiger partial charge < -0.3 is 9.72 Å². The van der Waals surface area contributed by atoms with E-state index in [1.54, 1.807) is 18.4 Å². The molecule has 0 aliphatic rings. The summed E-state index contributed by atoms with van der Waals surface area (Å²) in [6.07, 6.45) is 3.73. The van der Waals surface area contributed by atoms with Crippen LogP contribution in [0.4, 0.5) is 0 Å². The maximum atomic E-state index is 12.2. The molecule has 0 atom stereocenters. The number of rotatable bonds is 3. The number of benzene rings is 1. The minimum atomic E-state index is -0.0822. The largest absolute Gasteiger partial charge is 0.497 e. The van der Waals surface area contributed by atoms with Crippen LogP contribution in [-0.2, 0) is 0 Å². The number of ether oxygens (including phenoxy) is 1. The van der Waals surface area contributed by atoms with Gasteiger partial charge in [0.05, 0.1) is 12.5 Å². The van der Waals surface area contributed by atoms with E-state index in [1.165, 1.54) is 0 Å². The van der Waals surface area contributed by atoms with Crippen molar-refractivity contribution in [3.63, 3.8) is 0 Å². The van der Waals surface area contributed by atoms with E-state index in [-0.39, 0.29) is 5.56 Å². The van der Waals surface area contributed by atoms with Gasteiger partial charge in [-0.1, -0.05) is 18.2 Å². The van der Waals surface area contributed by atoms with Crippen LogP contribution >= 0.6 is 11.3 Å². The molecule has 3 aromatic rings. The van der Waals surface area contributed by atoms with Crippen molar-refractivity contribution in [2.45, 2.75) is 13.8 Å². The Balaban J connectivity index is 1.96. The van der Waals surface area contributed by atoms with Gasteiger partial charge in [0.1, 0.15) is 16.4 Å². The van der Waals surface area contributed by atoms with Gasteiger partial charge in [-0.25, -0.2) is 4.98 Å². The van der Waals surface area contributed by atoms with Crippen LogP contribution in [0.1, 0.15) is 21.8 Å². The Morgan fingerprint density at radius 1 is 1.18 bits per heavy atom. The number of aromatic amines is 1. The Morgan fingerprint density at radius 3 is 2.59 bits per heavy atom. The molecule has 0 aliphatic heterocycles. The summed E-state index contributed by atoms with van der Waals surface area (Å²) in [5.74, 6) is 1.38. The lowest BCUT2D eigenvalue weighted by Crippen LogP contribution is -2.09. The molecule has 0 saturated carbocycles. The molecule has 4 nitrogen and oxygen atoms in total. The first kappa shape index (κ1) is 14.5. The quantitative estimate of drug-likeness (QED) is 0.800. The standard InChI is InChI=1S/C17H16N2O2S/c1-10-11(2)22-17-15(10)16(20)18-14(19-17)9-6-12-4-7-13(21-3)8-5-12/h4-9H,1-3H3,(H,18,19,20). The fourth-order valence-electron chi connectivity index (χ4n) is 2.24. The zero-order valence-electron chi connectivity index (χ0n) is 12.6. The van der Waals surface area contributed by atoms with Gasteiger partial charge in [-0.3, -0.25) is 4.79 Å². The molecule has 5 heteroatoms. The average Bonchev–Trinajstić information content (AvgIpc) is 2.81. The number of fused-ring (bicyclic) bond motifs is 1. The van der Waals surface area contributed by atoms with Gasteiger partial charge in [-0.15, -0.1) is 11.3 Å². The van der Waals surface area contributed by atoms with Crippen molar-refractivity contribution in [3.8, 4) is 5.75 Å². The van der Waals surface area contributed by atoms with Crippen molar-refractivity contribution >= 4 is 33.7 Å². The SMILES string of the molecule is COc1ccc(C=Cc2nc3sc(C)c(C)c3c(=O)[nH]2)cc1. The molecule has 112 valence electrons. The number of nitrogens with one attached hydrogen (secondary N) is 1. The van der Waals surface area contributed by atoms with E-state index < -0.39 is 0 Å². The Labute approximate surface area is 132 Å². The Hall–Kier alpha value is -2.40. The van der Waals surface area contributed by atoms with E-state index in [4.69, 9.17) is 4.74 Å². The van der Waals surface area contributed by atoms with Gasteiger partial charge in [0.15, 0.2) is 0 Å². The number of aryl methyl sites for hydroxylation is 2. The van der Waals surface area contributed by atoms with Crippen molar-refractivity contribution in [2.75, 3.05) is 7.11 Å². The molecule has 3 rings (SSSR count). The van der Waals surface area contributed by atoms with Crippen molar-refractivity contribution in [2.24, 2.45) is 0 Å². The summed E-state index contributed by atoms with van der Waals surface area (Å²) in [4.78, 5) is 21.4. The van der Waals surface area contributed by atoms with Gasteiger partial charge in [-0.2, -0.15) is 0 Å². The van der Waals surface area contributed by atoms with Crippen LogP contribution in [0, 0.1) is 13.8 Å². The summed E-state index contributed by atoms with van der Waals surface area (Å²) < 4.78 is 5.13. The number of nitrogens with zero attached hydrogens (tertiary/aromatic N) is 1. The fraction of sp³-hybridized carbons (Fsp3) is 0.176. The summed E-state index contributed by atoms with van der Waals surface area (Å²) >= 11 is 1.55. The lowest BCUT2D eigenvalue weighted by atomic mass is 10.2. The number of methoxy groups -OCH3 is 1. The van der Waals surface area contributed by atoms with Crippen LogP contribution in [0.2, 0.25) is 0 Å². The highest BCUT2D eigenvalue weighted by Gasteiger charge is 2.10. The molecule has 0 fully saturated rings. The first-order chi connectivity index (χ1) is 10.6. The lowest BCUT2D eigenvalue weighted by molar-refractivity contribution is 0.415. The number of hydrogen-bond acceptors (Lipinski definition) is 4. The maximum absolute atomic E-state index is 12.2. The third kappa shape index (κ3) is 2.67. The average molecular weight is 312 g/mol. The topological polar surface area (TPSA) is 55.0 Å². The monoisotopic (exact) mass is 312 g/mol. The second-order valence-electron chi connectivity index (χ2n) is 5.02. The molecular weight excluding hydrogens is 296 g/mol. The van der Waals surface area contributed by atoms with Gasteiger partial charge >= 0.3 is 0 Å². The number of thiophene rings is 1. The number of hydrogen-bond donors (Lipinski definition) is 1. The van der Waals surface area contributed by atoms with Gasteiger partial charge in [-0.05, 0) is 43.2 Å². The summed E-state index contributed by atoms with van der Waals surface area (Å²) in [7, 11) is 1.64. The number of aromatic nitrogens is 2. The van der Waals surface area contributed by atoms with Crippen LogP contribution in [0.25, 0.3) is 22.4 Å². The molecule has 1 aromatic carbocycles. The third-order valence-electron chi connectivity index (χ3n) is 3.61. The fourth-order valence-corrected chi connectivity index (χ4v) is 3.28. The molecule has 0 radical (unpaired) electrons. The third-order valence-corrected chi connectivity index (χ3v) is 4.71. The first-order valence-electron chi connectivity index (χ1n) is 6.90. The molecule has 0 saturated heterocycles. The van der Waals surface area contributed by atoms with Crippen LogP contribution in [0.15, 0.2) is 29.1 Å². The second kappa shape index (κ2) is 5.77. The van der Waals surface area contributed by atoms with Crippen molar-refractivity contribution in [1.82, 2.24) is 9.97 Å². The highest BCUT2D eigenvalue weighted by molar-refractivity contribution is 7.18. The van der Waals surface area contributed by atoms with E-state index in [2.05, 4.69) is 9.97 Å². The molecule has 1 N–H and O–H groups in total. The lowest BCUT2D eigenvalue weighted by Gasteiger charge is -1.99. The summed E-state index contributed by atoms with van der Waals surface area (Å²) in [6.45, 7) is 3.96. The minimum Gasteiger partial charge on any atom is -0.497 e. The Kier molecular flexibility index (Phi) is 3.81. The molecule has 2 heterocycles. The molecule has 2 aromatic heterocycles. The van der Waals surface area contributed by atoms with Gasteiger partial charge in [0, 0.05) is 4.88 Å². The van der Waals surface area contributed by atoms with E-state index in [9.17, 15) is 4.79 Å². The highest BCUT2D eigenvalue weighted by atomic mass is 32.1. The van der Waals surface area contributed by atoms with Crippen LogP contribution in [0.3, 0.4) is 0 Å². The van der Waals surface area contributed by atoms with E-state index in [0.717, 1.165) is 26.6 Å². The summed E-state index contributed by atoms with van der Waals surface area (Å²) in [5, 5.41) is 0.698. The van der Waals surface area contributed by atoms with Crippen LogP contribution in [-0.4, -0.2) is 17.1 Å². The zero-order valence-corrected chi connectivity index (χ0v) is 13.5. The molecule has 0 aliphatic carbocycles. The smallest absolute Gasteiger partial charge is 0.260 e. The summed E-state index contributed by atoms with van der Waals surface area (Å²) in [5.41, 5.74) is 1.95. The van der Waals surface area contributed by atoms with Crippen molar-refractivity contribution in [3.05, 3.63) is 56.4 Å². The van der Waals surface area contributed by atoms with E-state index in [0.29, 0.717) is 11.2 Å². The maximum Gasteiger partial charge on any atom is 0.260 e. The Morgan fingerprint density at radius 2 is 1.91 bits per heavy atom. The highest BCUT2D eigenvalue weighted by Crippen LogP contribution is 2.25. The summed E-state index contributed by atoms with van der Waals surface area (Å²) in [6, 6.07) is 7.69. The predicted molar refractivity (Wildman–Crippen MR) is 91.6 cm³/mol. The van der Waals surface area contributed by atoms with E-state index >= 15 is 0 Å².